The van der Waals surface area contributed by atoms with Gasteiger partial charge in [-0.25, -0.2) is 0 Å². The first-order chi connectivity index (χ1) is 14.8. The zero-order valence-corrected chi connectivity index (χ0v) is 16.8. The summed E-state index contributed by atoms with van der Waals surface area (Å²) in [5.41, 5.74) is 8.37. The highest BCUT2D eigenvalue weighted by Crippen LogP contribution is 2.60. The Labute approximate surface area is 176 Å². The van der Waals surface area contributed by atoms with Crippen LogP contribution in [0.15, 0.2) is 97.1 Å². The molecule has 0 saturated carbocycles. The SMILES string of the molecule is COc1ccc([C@H]2c3ccccc3-c3cccc4c3[C@@]2(c2ccccc2)OC4)cc1. The zero-order chi connectivity index (χ0) is 20.1. The molecule has 0 aromatic heterocycles. The van der Waals surface area contributed by atoms with Crippen LogP contribution in [0.5, 0.6) is 5.75 Å². The van der Waals surface area contributed by atoms with Crippen LogP contribution < -0.4 is 4.74 Å². The summed E-state index contributed by atoms with van der Waals surface area (Å²) in [5, 5.41) is 0. The Balaban J connectivity index is 1.71. The topological polar surface area (TPSA) is 18.5 Å². The van der Waals surface area contributed by atoms with Crippen molar-refractivity contribution in [3.05, 3.63) is 125 Å². The Morgan fingerprint density at radius 3 is 2.30 bits per heavy atom. The molecule has 1 heterocycles. The van der Waals surface area contributed by atoms with Crippen LogP contribution >= 0.6 is 0 Å². The molecular formula is C28H22O2. The monoisotopic (exact) mass is 390 g/mol. The number of fused-ring (bicyclic) bond motifs is 2. The third-order valence-electron chi connectivity index (χ3n) is 6.60. The first kappa shape index (κ1) is 17.5. The Kier molecular flexibility index (Phi) is 3.84. The first-order valence-corrected chi connectivity index (χ1v) is 10.4. The minimum atomic E-state index is -0.546. The summed E-state index contributed by atoms with van der Waals surface area (Å²) in [4.78, 5) is 0. The lowest BCUT2D eigenvalue weighted by atomic mass is 9.63. The molecule has 0 amide bonds. The van der Waals surface area contributed by atoms with Crippen molar-refractivity contribution in [3.8, 4) is 16.9 Å². The molecule has 0 fully saturated rings. The van der Waals surface area contributed by atoms with E-state index in [2.05, 4.69) is 84.9 Å². The normalized spacial score (nSPS) is 21.0. The Hall–Kier alpha value is -3.36. The van der Waals surface area contributed by atoms with Crippen molar-refractivity contribution in [3.63, 3.8) is 0 Å². The second-order valence-corrected chi connectivity index (χ2v) is 8.02. The third kappa shape index (κ3) is 2.28. The number of hydrogen-bond acceptors (Lipinski definition) is 2. The molecule has 0 bridgehead atoms. The summed E-state index contributed by atoms with van der Waals surface area (Å²) in [6, 6.07) is 34.5. The highest BCUT2D eigenvalue weighted by Gasteiger charge is 2.53. The average Bonchev–Trinajstić information content (AvgIpc) is 3.22. The van der Waals surface area contributed by atoms with E-state index < -0.39 is 5.60 Å². The molecule has 2 heteroatoms. The van der Waals surface area contributed by atoms with Crippen LogP contribution in [0.25, 0.3) is 11.1 Å². The van der Waals surface area contributed by atoms with Gasteiger partial charge in [0.2, 0.25) is 0 Å². The highest BCUT2D eigenvalue weighted by molar-refractivity contribution is 5.80. The van der Waals surface area contributed by atoms with Gasteiger partial charge in [-0.3, -0.25) is 0 Å². The van der Waals surface area contributed by atoms with Gasteiger partial charge in [0.25, 0.3) is 0 Å². The maximum atomic E-state index is 6.83. The minimum absolute atomic E-state index is 0.0538. The van der Waals surface area contributed by atoms with E-state index in [9.17, 15) is 0 Å². The number of hydrogen-bond donors (Lipinski definition) is 0. The van der Waals surface area contributed by atoms with Crippen molar-refractivity contribution in [1.82, 2.24) is 0 Å². The minimum Gasteiger partial charge on any atom is -0.497 e. The zero-order valence-electron chi connectivity index (χ0n) is 16.8. The molecule has 0 unspecified atom stereocenters. The van der Waals surface area contributed by atoms with Crippen LogP contribution in [-0.4, -0.2) is 7.11 Å². The molecule has 30 heavy (non-hydrogen) atoms. The standard InChI is InChI=1S/C28H22O2/c1-29-22-16-14-19(15-17-22)26-24-12-6-5-11-23(24)25-13-7-8-20-18-30-28(26,27(20)25)21-9-3-2-4-10-21/h2-17,26H,18H2,1H3/t26-,28-/m0/s1. The molecule has 4 aromatic carbocycles. The van der Waals surface area contributed by atoms with Crippen molar-refractivity contribution in [2.45, 2.75) is 18.1 Å². The molecule has 2 aliphatic rings. The van der Waals surface area contributed by atoms with Crippen molar-refractivity contribution in [2.75, 3.05) is 7.11 Å². The summed E-state index contributed by atoms with van der Waals surface area (Å²) in [6.45, 7) is 0.624. The molecule has 2 atom stereocenters. The van der Waals surface area contributed by atoms with Gasteiger partial charge in [-0.2, -0.15) is 0 Å². The van der Waals surface area contributed by atoms with E-state index in [1.54, 1.807) is 7.11 Å². The van der Waals surface area contributed by atoms with Gasteiger partial charge in [0.05, 0.1) is 13.7 Å². The van der Waals surface area contributed by atoms with Crippen molar-refractivity contribution >= 4 is 0 Å². The van der Waals surface area contributed by atoms with E-state index in [4.69, 9.17) is 9.47 Å². The maximum absolute atomic E-state index is 6.83. The maximum Gasteiger partial charge on any atom is 0.130 e. The average molecular weight is 390 g/mol. The first-order valence-electron chi connectivity index (χ1n) is 10.4. The van der Waals surface area contributed by atoms with E-state index in [0.29, 0.717) is 6.61 Å². The Morgan fingerprint density at radius 1 is 0.767 bits per heavy atom. The molecule has 1 aliphatic heterocycles. The third-order valence-corrected chi connectivity index (χ3v) is 6.60. The summed E-state index contributed by atoms with van der Waals surface area (Å²) >= 11 is 0. The van der Waals surface area contributed by atoms with Crippen LogP contribution in [-0.2, 0) is 16.9 Å². The van der Waals surface area contributed by atoms with Gasteiger partial charge in [-0.15, -0.1) is 0 Å². The molecule has 146 valence electrons. The van der Waals surface area contributed by atoms with Gasteiger partial charge in [-0.05, 0) is 45.5 Å². The second-order valence-electron chi connectivity index (χ2n) is 8.02. The lowest BCUT2D eigenvalue weighted by molar-refractivity contribution is -0.0184. The number of rotatable bonds is 3. The number of methoxy groups -OCH3 is 1. The van der Waals surface area contributed by atoms with Crippen molar-refractivity contribution in [2.24, 2.45) is 0 Å². The lowest BCUT2D eigenvalue weighted by Gasteiger charge is -2.44. The van der Waals surface area contributed by atoms with Gasteiger partial charge in [0.1, 0.15) is 11.4 Å². The molecule has 1 aliphatic carbocycles. The van der Waals surface area contributed by atoms with E-state index in [0.717, 1.165) is 5.75 Å². The summed E-state index contributed by atoms with van der Waals surface area (Å²) < 4.78 is 12.3. The van der Waals surface area contributed by atoms with Crippen LogP contribution in [0, 0.1) is 0 Å². The van der Waals surface area contributed by atoms with Gasteiger partial charge in [0.15, 0.2) is 0 Å². The predicted octanol–water partition coefficient (Wildman–Crippen LogP) is 6.28. The number of ether oxygens (including phenoxy) is 2. The fraction of sp³-hybridized carbons (Fsp3) is 0.143. The highest BCUT2D eigenvalue weighted by atomic mass is 16.5. The van der Waals surface area contributed by atoms with E-state index in [1.165, 1.54) is 38.9 Å². The Morgan fingerprint density at radius 2 is 1.50 bits per heavy atom. The van der Waals surface area contributed by atoms with Gasteiger partial charge >= 0.3 is 0 Å². The molecule has 0 N–H and O–H groups in total. The summed E-state index contributed by atoms with van der Waals surface area (Å²) in [7, 11) is 1.71. The Bertz CT molecular complexity index is 1230. The van der Waals surface area contributed by atoms with E-state index in [-0.39, 0.29) is 5.92 Å². The van der Waals surface area contributed by atoms with E-state index >= 15 is 0 Å². The second kappa shape index (κ2) is 6.58. The molecule has 4 aromatic rings. The van der Waals surface area contributed by atoms with Crippen LogP contribution in [0.2, 0.25) is 0 Å². The van der Waals surface area contributed by atoms with Crippen molar-refractivity contribution in [1.29, 1.82) is 0 Å². The molecule has 0 radical (unpaired) electrons. The molecular weight excluding hydrogens is 368 g/mol. The van der Waals surface area contributed by atoms with Gasteiger partial charge in [0, 0.05) is 11.5 Å². The van der Waals surface area contributed by atoms with Gasteiger partial charge < -0.3 is 9.47 Å². The molecule has 0 spiro atoms. The smallest absolute Gasteiger partial charge is 0.130 e. The van der Waals surface area contributed by atoms with Gasteiger partial charge in [-0.1, -0.05) is 84.9 Å². The summed E-state index contributed by atoms with van der Waals surface area (Å²) in [6.07, 6.45) is 0. The van der Waals surface area contributed by atoms with Crippen LogP contribution in [0.3, 0.4) is 0 Å². The molecule has 0 saturated heterocycles. The molecule has 2 nitrogen and oxygen atoms in total. The fourth-order valence-electron chi connectivity index (χ4n) is 5.38. The largest absolute Gasteiger partial charge is 0.497 e. The van der Waals surface area contributed by atoms with Crippen molar-refractivity contribution < 1.29 is 9.47 Å². The fourth-order valence-corrected chi connectivity index (χ4v) is 5.38. The van der Waals surface area contributed by atoms with E-state index in [1.807, 2.05) is 12.1 Å². The number of benzene rings is 4. The lowest BCUT2D eigenvalue weighted by Crippen LogP contribution is -2.38. The molecule has 6 rings (SSSR count). The van der Waals surface area contributed by atoms with Crippen LogP contribution in [0.1, 0.15) is 33.7 Å². The summed E-state index contributed by atoms with van der Waals surface area (Å²) in [5.74, 6) is 0.920. The quantitative estimate of drug-likeness (QED) is 0.410. The predicted molar refractivity (Wildman–Crippen MR) is 119 cm³/mol. The van der Waals surface area contributed by atoms with Crippen LogP contribution in [0.4, 0.5) is 0 Å².